The maximum absolute atomic E-state index is 11.8. The Kier molecular flexibility index (Phi) is 4.92. The molecule has 2 aromatic rings. The van der Waals surface area contributed by atoms with Crippen LogP contribution in [0.3, 0.4) is 0 Å². The van der Waals surface area contributed by atoms with Gasteiger partial charge in [-0.25, -0.2) is 4.68 Å². The number of nitrogen functional groups attached to an aromatic ring is 1. The molecule has 6 nitrogen and oxygen atoms in total. The van der Waals surface area contributed by atoms with E-state index in [-0.39, 0.29) is 12.0 Å². The van der Waals surface area contributed by atoms with E-state index in [1.54, 1.807) is 4.68 Å². The Balaban J connectivity index is 1.48. The Morgan fingerprint density at radius 3 is 2.96 bits per heavy atom. The van der Waals surface area contributed by atoms with Crippen molar-refractivity contribution >= 4 is 11.7 Å². The first kappa shape index (κ1) is 15.6. The van der Waals surface area contributed by atoms with Crippen molar-refractivity contribution in [2.24, 2.45) is 0 Å². The SMILES string of the molecule is Nc1cc(CCCNC(=O)[C@@H]2CCCO2)nn1-c1ccccc1. The van der Waals surface area contributed by atoms with Crippen molar-refractivity contribution in [1.82, 2.24) is 15.1 Å². The minimum Gasteiger partial charge on any atom is -0.384 e. The molecule has 1 aliphatic heterocycles. The maximum atomic E-state index is 11.8. The number of anilines is 1. The second kappa shape index (κ2) is 7.28. The van der Waals surface area contributed by atoms with Gasteiger partial charge in [-0.1, -0.05) is 18.2 Å². The number of carbonyl (C=O) groups excluding carboxylic acids is 1. The predicted molar refractivity (Wildman–Crippen MR) is 88.3 cm³/mol. The lowest BCUT2D eigenvalue weighted by atomic mass is 10.2. The van der Waals surface area contributed by atoms with Crippen LogP contribution in [0.1, 0.15) is 25.0 Å². The highest BCUT2D eigenvalue weighted by Crippen LogP contribution is 2.15. The van der Waals surface area contributed by atoms with Crippen LogP contribution in [0.15, 0.2) is 36.4 Å². The van der Waals surface area contributed by atoms with Crippen LogP contribution in [0.25, 0.3) is 5.69 Å². The van der Waals surface area contributed by atoms with Crippen molar-refractivity contribution in [2.75, 3.05) is 18.9 Å². The lowest BCUT2D eigenvalue weighted by molar-refractivity contribution is -0.130. The average molecular weight is 314 g/mol. The summed E-state index contributed by atoms with van der Waals surface area (Å²) < 4.78 is 7.09. The number of hydrogen-bond donors (Lipinski definition) is 2. The molecule has 1 aromatic carbocycles. The van der Waals surface area contributed by atoms with Gasteiger partial charge in [-0.2, -0.15) is 5.10 Å². The second-order valence-corrected chi connectivity index (χ2v) is 5.70. The van der Waals surface area contributed by atoms with Gasteiger partial charge in [0, 0.05) is 19.2 Å². The smallest absolute Gasteiger partial charge is 0.249 e. The Labute approximate surface area is 135 Å². The number of amides is 1. The van der Waals surface area contributed by atoms with E-state index < -0.39 is 0 Å². The zero-order valence-electron chi connectivity index (χ0n) is 13.1. The molecule has 122 valence electrons. The molecule has 0 radical (unpaired) electrons. The van der Waals surface area contributed by atoms with Gasteiger partial charge in [0.1, 0.15) is 11.9 Å². The minimum atomic E-state index is -0.261. The number of hydrogen-bond acceptors (Lipinski definition) is 4. The Bertz CT molecular complexity index is 648. The summed E-state index contributed by atoms with van der Waals surface area (Å²) in [6.07, 6.45) is 3.13. The molecule has 0 saturated carbocycles. The fraction of sp³-hybridized carbons (Fsp3) is 0.412. The first-order valence-electron chi connectivity index (χ1n) is 8.03. The molecule has 0 aliphatic carbocycles. The number of para-hydroxylation sites is 1. The highest BCUT2D eigenvalue weighted by Gasteiger charge is 2.22. The third-order valence-corrected chi connectivity index (χ3v) is 3.92. The van der Waals surface area contributed by atoms with Crippen LogP contribution >= 0.6 is 0 Å². The summed E-state index contributed by atoms with van der Waals surface area (Å²) in [4.78, 5) is 11.8. The third kappa shape index (κ3) is 3.90. The molecule has 3 N–H and O–H groups in total. The molecular formula is C17H22N4O2. The van der Waals surface area contributed by atoms with Gasteiger partial charge in [0.2, 0.25) is 5.91 Å². The molecule has 6 heteroatoms. The molecule has 1 aliphatic rings. The maximum Gasteiger partial charge on any atom is 0.249 e. The van der Waals surface area contributed by atoms with Crippen LogP contribution in [0.4, 0.5) is 5.82 Å². The lowest BCUT2D eigenvalue weighted by Gasteiger charge is -2.09. The van der Waals surface area contributed by atoms with E-state index in [0.29, 0.717) is 19.0 Å². The molecule has 1 saturated heterocycles. The van der Waals surface area contributed by atoms with E-state index in [9.17, 15) is 4.79 Å². The van der Waals surface area contributed by atoms with E-state index in [4.69, 9.17) is 10.5 Å². The van der Waals surface area contributed by atoms with Crippen LogP contribution in [-0.4, -0.2) is 34.9 Å². The Morgan fingerprint density at radius 1 is 1.39 bits per heavy atom. The molecule has 3 rings (SSSR count). The van der Waals surface area contributed by atoms with Gasteiger partial charge in [-0.15, -0.1) is 0 Å². The summed E-state index contributed by atoms with van der Waals surface area (Å²) in [5, 5.41) is 7.45. The van der Waals surface area contributed by atoms with Crippen LogP contribution in [-0.2, 0) is 16.0 Å². The van der Waals surface area contributed by atoms with Crippen molar-refractivity contribution in [1.29, 1.82) is 0 Å². The molecule has 0 spiro atoms. The zero-order valence-corrected chi connectivity index (χ0v) is 13.1. The van der Waals surface area contributed by atoms with Gasteiger partial charge < -0.3 is 15.8 Å². The standard InChI is InChI=1S/C17H22N4O2/c18-16-12-13(20-21(16)14-7-2-1-3-8-14)6-4-10-19-17(22)15-9-5-11-23-15/h1-3,7-8,12,15H,4-6,9-11,18H2,(H,19,22)/t15-/m0/s1. The number of rotatable bonds is 6. The number of nitrogens with two attached hydrogens (primary N) is 1. The van der Waals surface area contributed by atoms with Crippen molar-refractivity contribution < 1.29 is 9.53 Å². The Hall–Kier alpha value is -2.34. The first-order chi connectivity index (χ1) is 11.2. The quantitative estimate of drug-likeness (QED) is 0.795. The number of benzene rings is 1. The number of nitrogens with one attached hydrogen (secondary N) is 1. The molecule has 1 amide bonds. The monoisotopic (exact) mass is 314 g/mol. The van der Waals surface area contributed by atoms with Gasteiger partial charge in [0.15, 0.2) is 0 Å². The number of aromatic nitrogens is 2. The molecular weight excluding hydrogens is 292 g/mol. The van der Waals surface area contributed by atoms with Crippen molar-refractivity contribution in [2.45, 2.75) is 31.8 Å². The summed E-state index contributed by atoms with van der Waals surface area (Å²) >= 11 is 0. The van der Waals surface area contributed by atoms with E-state index in [0.717, 1.165) is 37.1 Å². The normalized spacial score (nSPS) is 17.3. The number of aryl methyl sites for hydroxylation is 1. The average Bonchev–Trinajstić information content (AvgIpc) is 3.22. The predicted octanol–water partition coefficient (Wildman–Crippen LogP) is 1.68. The summed E-state index contributed by atoms with van der Waals surface area (Å²) in [5.74, 6) is 0.617. The van der Waals surface area contributed by atoms with Crippen LogP contribution in [0, 0.1) is 0 Å². The first-order valence-corrected chi connectivity index (χ1v) is 8.03. The van der Waals surface area contributed by atoms with E-state index in [1.165, 1.54) is 0 Å². The second-order valence-electron chi connectivity index (χ2n) is 5.70. The van der Waals surface area contributed by atoms with Crippen LogP contribution in [0.2, 0.25) is 0 Å². The number of ether oxygens (including phenoxy) is 1. The molecule has 0 bridgehead atoms. The topological polar surface area (TPSA) is 82.2 Å². The molecule has 0 unspecified atom stereocenters. The Morgan fingerprint density at radius 2 is 2.22 bits per heavy atom. The van der Waals surface area contributed by atoms with Gasteiger partial charge in [-0.3, -0.25) is 4.79 Å². The van der Waals surface area contributed by atoms with Gasteiger partial charge in [0.05, 0.1) is 11.4 Å². The van der Waals surface area contributed by atoms with Crippen molar-refractivity contribution in [3.63, 3.8) is 0 Å². The van der Waals surface area contributed by atoms with Gasteiger partial charge >= 0.3 is 0 Å². The molecule has 1 atom stereocenters. The molecule has 1 aromatic heterocycles. The molecule has 1 fully saturated rings. The lowest BCUT2D eigenvalue weighted by Crippen LogP contribution is -2.34. The summed E-state index contributed by atoms with van der Waals surface area (Å²) in [7, 11) is 0. The third-order valence-electron chi connectivity index (χ3n) is 3.92. The molecule has 23 heavy (non-hydrogen) atoms. The molecule has 2 heterocycles. The highest BCUT2D eigenvalue weighted by molar-refractivity contribution is 5.80. The van der Waals surface area contributed by atoms with Gasteiger partial charge in [0.25, 0.3) is 0 Å². The van der Waals surface area contributed by atoms with Crippen LogP contribution in [0.5, 0.6) is 0 Å². The van der Waals surface area contributed by atoms with Crippen molar-refractivity contribution in [3.8, 4) is 5.69 Å². The van der Waals surface area contributed by atoms with E-state index in [1.807, 2.05) is 36.4 Å². The largest absolute Gasteiger partial charge is 0.384 e. The minimum absolute atomic E-state index is 0.00294. The van der Waals surface area contributed by atoms with Crippen LogP contribution < -0.4 is 11.1 Å². The zero-order chi connectivity index (χ0) is 16.1. The van der Waals surface area contributed by atoms with E-state index >= 15 is 0 Å². The van der Waals surface area contributed by atoms with Gasteiger partial charge in [-0.05, 0) is 37.8 Å². The number of nitrogens with zero attached hydrogens (tertiary/aromatic N) is 2. The fourth-order valence-corrected chi connectivity index (χ4v) is 2.72. The summed E-state index contributed by atoms with van der Waals surface area (Å²) in [6.45, 7) is 1.31. The van der Waals surface area contributed by atoms with E-state index in [2.05, 4.69) is 10.4 Å². The summed E-state index contributed by atoms with van der Waals surface area (Å²) in [6, 6.07) is 11.7. The van der Waals surface area contributed by atoms with Crippen molar-refractivity contribution in [3.05, 3.63) is 42.1 Å². The highest BCUT2D eigenvalue weighted by atomic mass is 16.5. The summed E-state index contributed by atoms with van der Waals surface area (Å²) in [5.41, 5.74) is 7.90. The fourth-order valence-electron chi connectivity index (χ4n) is 2.72. The number of carbonyl (C=O) groups is 1.